The van der Waals surface area contributed by atoms with E-state index in [9.17, 15) is 0 Å². The van der Waals surface area contributed by atoms with Crippen LogP contribution >= 0.6 is 21.6 Å². The Bertz CT molecular complexity index is 281. The highest BCUT2D eigenvalue weighted by molar-refractivity contribution is 8.76. The van der Waals surface area contributed by atoms with Crippen LogP contribution in [0.15, 0.2) is 37.0 Å². The summed E-state index contributed by atoms with van der Waals surface area (Å²) in [7, 11) is 3.94. The maximum absolute atomic E-state index is 4.22. The van der Waals surface area contributed by atoms with Crippen LogP contribution in [0.5, 0.6) is 0 Å². The minimum atomic E-state index is 1.06. The summed E-state index contributed by atoms with van der Waals surface area (Å²) in [6, 6.07) is 0. The first-order chi connectivity index (χ1) is 10.2. The molecule has 0 radical (unpaired) electrons. The average Bonchev–Trinajstić information content (AvgIpc) is 2.49. The molecule has 0 amide bonds. The molecule has 0 spiro atoms. The normalized spacial score (nSPS) is 10.5. The zero-order valence-corrected chi connectivity index (χ0v) is 15.6. The Morgan fingerprint density at radius 1 is 0.810 bits per heavy atom. The molecule has 21 heavy (non-hydrogen) atoms. The van der Waals surface area contributed by atoms with E-state index in [4.69, 9.17) is 0 Å². The molecule has 0 aliphatic carbocycles. The summed E-state index contributed by atoms with van der Waals surface area (Å²) >= 11 is 0. The molecule has 0 saturated heterocycles. The van der Waals surface area contributed by atoms with Gasteiger partial charge in [0.2, 0.25) is 0 Å². The van der Waals surface area contributed by atoms with Crippen LogP contribution in [0.3, 0.4) is 0 Å². The van der Waals surface area contributed by atoms with Crippen LogP contribution in [-0.2, 0) is 0 Å². The predicted molar refractivity (Wildman–Crippen MR) is 105 cm³/mol. The van der Waals surface area contributed by atoms with Gasteiger partial charge in [0.25, 0.3) is 0 Å². The number of hydrogen-bond donors (Lipinski definition) is 0. The minimum absolute atomic E-state index is 1.06. The lowest BCUT2D eigenvalue weighted by molar-refractivity contribution is 0.602. The van der Waals surface area contributed by atoms with Crippen LogP contribution in [0.25, 0.3) is 0 Å². The Morgan fingerprint density at radius 2 is 1.43 bits per heavy atom. The van der Waals surface area contributed by atoms with Gasteiger partial charge < -0.3 is 0 Å². The molecule has 0 nitrogen and oxygen atoms in total. The zero-order valence-electron chi connectivity index (χ0n) is 14.0. The molecule has 0 aromatic heterocycles. The number of unbranched alkanes of at least 4 members (excludes halogenated alkanes) is 5. The summed E-state index contributed by atoms with van der Waals surface area (Å²) in [6.45, 7) is 14.1. The fourth-order valence-electron chi connectivity index (χ4n) is 2.05. The third-order valence-corrected chi connectivity index (χ3v) is 6.01. The molecule has 0 saturated carbocycles. The average molecular weight is 327 g/mol. The summed E-state index contributed by atoms with van der Waals surface area (Å²) < 4.78 is 0. The monoisotopic (exact) mass is 326 g/mol. The number of rotatable bonds is 16. The molecule has 0 rings (SSSR count). The fraction of sp³-hybridized carbons (Fsp3) is 0.684. The topological polar surface area (TPSA) is 0 Å². The van der Waals surface area contributed by atoms with Gasteiger partial charge in [-0.15, -0.1) is 0 Å². The Kier molecular flexibility index (Phi) is 16.2. The van der Waals surface area contributed by atoms with E-state index in [0.717, 1.165) is 17.7 Å². The molecule has 122 valence electrons. The largest absolute Gasteiger partial charge is 0.0999 e. The van der Waals surface area contributed by atoms with E-state index in [0.29, 0.717) is 0 Å². The fourth-order valence-corrected chi connectivity index (χ4v) is 4.21. The lowest BCUT2D eigenvalue weighted by atomic mass is 10.0. The van der Waals surface area contributed by atoms with Gasteiger partial charge >= 0.3 is 0 Å². The Balaban J connectivity index is 3.22. The van der Waals surface area contributed by atoms with E-state index >= 15 is 0 Å². The predicted octanol–water partition coefficient (Wildman–Crippen LogP) is 7.59. The molecule has 0 aromatic rings. The van der Waals surface area contributed by atoms with Gasteiger partial charge in [0, 0.05) is 11.5 Å². The highest BCUT2D eigenvalue weighted by atomic mass is 33.1. The first-order valence-corrected chi connectivity index (χ1v) is 10.9. The highest BCUT2D eigenvalue weighted by Gasteiger charge is 1.97. The van der Waals surface area contributed by atoms with Crippen molar-refractivity contribution in [1.29, 1.82) is 0 Å². The van der Waals surface area contributed by atoms with Gasteiger partial charge in [0.15, 0.2) is 0 Å². The van der Waals surface area contributed by atoms with Crippen molar-refractivity contribution in [2.75, 3.05) is 11.5 Å². The molecule has 0 aliphatic heterocycles. The maximum Gasteiger partial charge on any atom is 0.00772 e. The van der Waals surface area contributed by atoms with Crippen molar-refractivity contribution in [2.45, 2.75) is 71.1 Å². The summed E-state index contributed by atoms with van der Waals surface area (Å²) in [6.07, 6.45) is 14.9. The Morgan fingerprint density at radius 3 is 2.14 bits per heavy atom. The molecule has 0 aromatic carbocycles. The molecule has 0 unspecified atom stereocenters. The molecule has 0 heterocycles. The van der Waals surface area contributed by atoms with Crippen LogP contribution < -0.4 is 0 Å². The molecular weight excluding hydrogens is 292 g/mol. The molecule has 0 N–H and O–H groups in total. The summed E-state index contributed by atoms with van der Waals surface area (Å²) in [4.78, 5) is 0. The number of allylic oxidation sites excluding steroid dienone is 3. The van der Waals surface area contributed by atoms with Gasteiger partial charge in [0.1, 0.15) is 0 Å². The van der Waals surface area contributed by atoms with Gasteiger partial charge in [-0.05, 0) is 32.1 Å². The van der Waals surface area contributed by atoms with Gasteiger partial charge in [-0.25, -0.2) is 0 Å². The van der Waals surface area contributed by atoms with Crippen molar-refractivity contribution < 1.29 is 0 Å². The lowest BCUT2D eigenvalue weighted by Crippen LogP contribution is -1.87. The first kappa shape index (κ1) is 20.9. The van der Waals surface area contributed by atoms with E-state index in [-0.39, 0.29) is 0 Å². The second kappa shape index (κ2) is 16.3. The zero-order chi connectivity index (χ0) is 15.8. The summed E-state index contributed by atoms with van der Waals surface area (Å²) in [5.74, 6) is 2.38. The Hall–Kier alpha value is -0.0800. The van der Waals surface area contributed by atoms with Gasteiger partial charge in [-0.1, -0.05) is 97.6 Å². The molecule has 0 fully saturated rings. The smallest absolute Gasteiger partial charge is 0.00772 e. The van der Waals surface area contributed by atoms with Crippen LogP contribution in [-0.4, -0.2) is 11.5 Å². The van der Waals surface area contributed by atoms with Crippen LogP contribution in [0.4, 0.5) is 0 Å². The molecule has 0 aliphatic rings. The molecule has 0 atom stereocenters. The lowest BCUT2D eigenvalue weighted by Gasteiger charge is -2.06. The van der Waals surface area contributed by atoms with Crippen LogP contribution in [0, 0.1) is 0 Å². The van der Waals surface area contributed by atoms with Crippen molar-refractivity contribution in [1.82, 2.24) is 0 Å². The van der Waals surface area contributed by atoms with Gasteiger partial charge in [-0.2, -0.15) is 0 Å². The molecule has 0 bridgehead atoms. The summed E-state index contributed by atoms with van der Waals surface area (Å²) in [5.41, 5.74) is 2.60. The third-order valence-electron chi connectivity index (χ3n) is 3.52. The van der Waals surface area contributed by atoms with Crippen molar-refractivity contribution in [3.05, 3.63) is 37.0 Å². The summed E-state index contributed by atoms with van der Waals surface area (Å²) in [5, 5.41) is 0. The highest BCUT2D eigenvalue weighted by Crippen LogP contribution is 2.25. The number of hydrogen-bond acceptors (Lipinski definition) is 2. The van der Waals surface area contributed by atoms with E-state index in [2.05, 4.69) is 26.7 Å². The van der Waals surface area contributed by atoms with Gasteiger partial charge in [0.05, 0.1) is 0 Å². The minimum Gasteiger partial charge on any atom is -0.0999 e. The molecular formula is C19H34S2. The first-order valence-electron chi connectivity index (χ1n) is 8.42. The second-order valence-corrected chi connectivity index (χ2v) is 8.33. The van der Waals surface area contributed by atoms with Crippen molar-refractivity contribution >= 4 is 21.6 Å². The van der Waals surface area contributed by atoms with Crippen LogP contribution in [0.1, 0.15) is 71.1 Å². The third kappa shape index (κ3) is 16.1. The van der Waals surface area contributed by atoms with Crippen molar-refractivity contribution in [2.24, 2.45) is 0 Å². The van der Waals surface area contributed by atoms with E-state index in [1.807, 2.05) is 27.7 Å². The Labute approximate surface area is 141 Å². The van der Waals surface area contributed by atoms with Crippen LogP contribution in [0.2, 0.25) is 0 Å². The quantitative estimate of drug-likeness (QED) is 0.124. The second-order valence-electron chi connectivity index (χ2n) is 5.63. The molecule has 2 heteroatoms. The maximum atomic E-state index is 4.22. The SMILES string of the molecule is C=CC(=C)CCSSCCCC(=C)CCCCCCCC. The van der Waals surface area contributed by atoms with E-state index in [1.165, 1.54) is 69.1 Å². The van der Waals surface area contributed by atoms with Gasteiger partial charge in [-0.3, -0.25) is 0 Å². The van der Waals surface area contributed by atoms with E-state index < -0.39 is 0 Å². The van der Waals surface area contributed by atoms with E-state index in [1.54, 1.807) is 0 Å². The standard InChI is InChI=1S/C19H34S2/c1-5-7-8-9-10-11-13-19(4)14-12-16-20-21-17-15-18(3)6-2/h6H,2-5,7-17H2,1H3. The van der Waals surface area contributed by atoms with Crippen molar-refractivity contribution in [3.63, 3.8) is 0 Å². The van der Waals surface area contributed by atoms with Crippen molar-refractivity contribution in [3.8, 4) is 0 Å².